The van der Waals surface area contributed by atoms with Crippen LogP contribution in [-0.2, 0) is 0 Å². The number of hydrogen-bond donors (Lipinski definition) is 1. The lowest BCUT2D eigenvalue weighted by atomic mass is 10.2. The minimum absolute atomic E-state index is 0.104. The molecule has 20 heavy (non-hydrogen) atoms. The highest BCUT2D eigenvalue weighted by Gasteiger charge is 2.06. The lowest BCUT2D eigenvalue weighted by Gasteiger charge is -2.11. The van der Waals surface area contributed by atoms with Gasteiger partial charge in [-0.1, -0.05) is 22.0 Å². The Balaban J connectivity index is 2.09. The second-order valence-electron chi connectivity index (χ2n) is 4.66. The number of ether oxygens (including phenoxy) is 1. The molecule has 104 valence electrons. The second-order valence-corrected chi connectivity index (χ2v) is 5.57. The summed E-state index contributed by atoms with van der Waals surface area (Å²) in [4.78, 5) is 12.1. The minimum atomic E-state index is -0.140. The fraction of sp³-hybridized carbons (Fsp3) is 0.188. The molecule has 0 atom stereocenters. The van der Waals surface area contributed by atoms with E-state index < -0.39 is 0 Å². The molecule has 0 saturated heterocycles. The Labute approximate surface area is 127 Å². The Bertz CT molecular complexity index is 594. The maximum Gasteiger partial charge on any atom is 0.255 e. The van der Waals surface area contributed by atoms with Gasteiger partial charge in [0.05, 0.1) is 6.10 Å². The molecule has 1 N–H and O–H groups in total. The van der Waals surface area contributed by atoms with Crippen LogP contribution in [-0.4, -0.2) is 12.0 Å². The fourth-order valence-corrected chi connectivity index (χ4v) is 1.99. The van der Waals surface area contributed by atoms with Gasteiger partial charge in [-0.15, -0.1) is 0 Å². The van der Waals surface area contributed by atoms with Crippen LogP contribution in [0.5, 0.6) is 5.75 Å². The van der Waals surface area contributed by atoms with E-state index in [1.807, 2.05) is 50.2 Å². The van der Waals surface area contributed by atoms with Gasteiger partial charge in [-0.2, -0.15) is 0 Å². The van der Waals surface area contributed by atoms with Gasteiger partial charge in [0.25, 0.3) is 5.91 Å². The van der Waals surface area contributed by atoms with Crippen molar-refractivity contribution < 1.29 is 9.53 Å². The molecule has 0 aromatic heterocycles. The van der Waals surface area contributed by atoms with Crippen molar-refractivity contribution in [3.05, 3.63) is 58.6 Å². The van der Waals surface area contributed by atoms with Crippen LogP contribution in [0.2, 0.25) is 0 Å². The van der Waals surface area contributed by atoms with E-state index in [1.165, 1.54) is 0 Å². The fourth-order valence-electron chi connectivity index (χ4n) is 1.72. The van der Waals surface area contributed by atoms with E-state index in [2.05, 4.69) is 21.2 Å². The lowest BCUT2D eigenvalue weighted by Crippen LogP contribution is -2.12. The molecule has 0 bridgehead atoms. The molecule has 0 heterocycles. The van der Waals surface area contributed by atoms with E-state index in [9.17, 15) is 4.79 Å². The topological polar surface area (TPSA) is 38.3 Å². The van der Waals surface area contributed by atoms with Crippen LogP contribution in [0.3, 0.4) is 0 Å². The smallest absolute Gasteiger partial charge is 0.255 e. The van der Waals surface area contributed by atoms with E-state index >= 15 is 0 Å². The first kappa shape index (κ1) is 14.6. The first-order chi connectivity index (χ1) is 9.54. The van der Waals surface area contributed by atoms with Gasteiger partial charge in [-0.25, -0.2) is 0 Å². The molecule has 0 unspecified atom stereocenters. The van der Waals surface area contributed by atoms with Crippen molar-refractivity contribution in [1.82, 2.24) is 0 Å². The summed E-state index contributed by atoms with van der Waals surface area (Å²) >= 11 is 3.35. The zero-order valence-electron chi connectivity index (χ0n) is 11.4. The molecule has 2 rings (SSSR count). The van der Waals surface area contributed by atoms with Crippen molar-refractivity contribution in [3.63, 3.8) is 0 Å². The van der Waals surface area contributed by atoms with Crippen LogP contribution in [0.4, 0.5) is 5.69 Å². The first-order valence-electron chi connectivity index (χ1n) is 6.38. The van der Waals surface area contributed by atoms with Crippen LogP contribution in [0.1, 0.15) is 24.2 Å². The van der Waals surface area contributed by atoms with E-state index in [4.69, 9.17) is 4.74 Å². The Morgan fingerprint density at radius 3 is 2.50 bits per heavy atom. The molecule has 4 heteroatoms. The normalized spacial score (nSPS) is 10.4. The number of carbonyl (C=O) groups is 1. The molecule has 0 aliphatic rings. The standard InChI is InChI=1S/C16H16BrNO2/c1-11(2)20-15-5-3-4-14(10-15)18-16(19)12-6-8-13(17)9-7-12/h3-11H,1-2H3,(H,18,19). The third-order valence-electron chi connectivity index (χ3n) is 2.57. The van der Waals surface area contributed by atoms with Gasteiger partial charge >= 0.3 is 0 Å². The number of rotatable bonds is 4. The molecule has 2 aromatic carbocycles. The Morgan fingerprint density at radius 2 is 1.85 bits per heavy atom. The third kappa shape index (κ3) is 4.10. The molecule has 0 aliphatic carbocycles. The summed E-state index contributed by atoms with van der Waals surface area (Å²) in [6.45, 7) is 3.93. The number of anilines is 1. The zero-order valence-corrected chi connectivity index (χ0v) is 13.0. The van der Waals surface area contributed by atoms with Gasteiger partial charge in [0.1, 0.15) is 5.75 Å². The highest BCUT2D eigenvalue weighted by molar-refractivity contribution is 9.10. The predicted molar refractivity (Wildman–Crippen MR) is 84.3 cm³/mol. The zero-order chi connectivity index (χ0) is 14.5. The summed E-state index contributed by atoms with van der Waals surface area (Å²) in [7, 11) is 0. The third-order valence-corrected chi connectivity index (χ3v) is 3.10. The van der Waals surface area contributed by atoms with Crippen LogP contribution in [0.25, 0.3) is 0 Å². The maximum atomic E-state index is 12.1. The molecule has 3 nitrogen and oxygen atoms in total. The average molecular weight is 334 g/mol. The largest absolute Gasteiger partial charge is 0.491 e. The Morgan fingerprint density at radius 1 is 1.15 bits per heavy atom. The van der Waals surface area contributed by atoms with E-state index in [1.54, 1.807) is 12.1 Å². The van der Waals surface area contributed by atoms with Gasteiger partial charge in [-0.05, 0) is 50.2 Å². The minimum Gasteiger partial charge on any atom is -0.491 e. The molecule has 0 spiro atoms. The number of nitrogens with one attached hydrogen (secondary N) is 1. The maximum absolute atomic E-state index is 12.1. The molecule has 0 radical (unpaired) electrons. The number of amides is 1. The average Bonchev–Trinajstić information content (AvgIpc) is 2.39. The summed E-state index contributed by atoms with van der Waals surface area (Å²) in [6.07, 6.45) is 0.104. The molecule has 0 aliphatic heterocycles. The van der Waals surface area contributed by atoms with Crippen molar-refractivity contribution >= 4 is 27.5 Å². The lowest BCUT2D eigenvalue weighted by molar-refractivity contribution is 0.102. The summed E-state index contributed by atoms with van der Waals surface area (Å²) in [6, 6.07) is 14.6. The van der Waals surface area contributed by atoms with Crippen LogP contribution in [0.15, 0.2) is 53.0 Å². The first-order valence-corrected chi connectivity index (χ1v) is 7.17. The second kappa shape index (κ2) is 6.57. The molecule has 0 saturated carbocycles. The van der Waals surface area contributed by atoms with Gasteiger partial charge < -0.3 is 10.1 Å². The molecular weight excluding hydrogens is 318 g/mol. The van der Waals surface area contributed by atoms with Crippen molar-refractivity contribution in [1.29, 1.82) is 0 Å². The monoisotopic (exact) mass is 333 g/mol. The summed E-state index contributed by atoms with van der Waals surface area (Å²) in [5.41, 5.74) is 1.33. The Kier molecular flexibility index (Phi) is 4.79. The Hall–Kier alpha value is -1.81. The summed E-state index contributed by atoms with van der Waals surface area (Å²) in [5.74, 6) is 0.604. The van der Waals surface area contributed by atoms with Gasteiger partial charge in [0, 0.05) is 21.8 Å². The van der Waals surface area contributed by atoms with Crippen molar-refractivity contribution in [2.75, 3.05) is 5.32 Å². The van der Waals surface area contributed by atoms with E-state index in [0.29, 0.717) is 5.56 Å². The highest BCUT2D eigenvalue weighted by Crippen LogP contribution is 2.19. The van der Waals surface area contributed by atoms with Gasteiger partial charge in [0.2, 0.25) is 0 Å². The number of hydrogen-bond acceptors (Lipinski definition) is 2. The van der Waals surface area contributed by atoms with Gasteiger partial charge in [-0.3, -0.25) is 4.79 Å². The van der Waals surface area contributed by atoms with Crippen LogP contribution < -0.4 is 10.1 Å². The van der Waals surface area contributed by atoms with Crippen molar-refractivity contribution in [3.8, 4) is 5.75 Å². The quantitative estimate of drug-likeness (QED) is 0.895. The molecule has 1 amide bonds. The van der Waals surface area contributed by atoms with Gasteiger partial charge in [0.15, 0.2) is 0 Å². The van der Waals surface area contributed by atoms with E-state index in [0.717, 1.165) is 15.9 Å². The molecular formula is C16H16BrNO2. The number of carbonyl (C=O) groups excluding carboxylic acids is 1. The van der Waals surface area contributed by atoms with E-state index in [-0.39, 0.29) is 12.0 Å². The summed E-state index contributed by atoms with van der Waals surface area (Å²) < 4.78 is 6.55. The SMILES string of the molecule is CC(C)Oc1cccc(NC(=O)c2ccc(Br)cc2)c1. The summed E-state index contributed by atoms with van der Waals surface area (Å²) in [5, 5.41) is 2.86. The van der Waals surface area contributed by atoms with Crippen molar-refractivity contribution in [2.45, 2.75) is 20.0 Å². The van der Waals surface area contributed by atoms with Crippen LogP contribution in [0, 0.1) is 0 Å². The van der Waals surface area contributed by atoms with Crippen LogP contribution >= 0.6 is 15.9 Å². The number of benzene rings is 2. The highest BCUT2D eigenvalue weighted by atomic mass is 79.9. The van der Waals surface area contributed by atoms with Crippen molar-refractivity contribution in [2.24, 2.45) is 0 Å². The predicted octanol–water partition coefficient (Wildman–Crippen LogP) is 4.49. The number of halogens is 1. The molecule has 0 fully saturated rings. The molecule has 2 aromatic rings.